The largest absolute Gasteiger partial charge is 0.392 e. The van der Waals surface area contributed by atoms with Gasteiger partial charge in [-0.3, -0.25) is 9.78 Å². The van der Waals surface area contributed by atoms with Gasteiger partial charge in [0.25, 0.3) is 5.91 Å². The number of hydrogen-bond acceptors (Lipinski definition) is 5. The number of rotatable bonds is 4. The lowest BCUT2D eigenvalue weighted by atomic mass is 10.2. The minimum absolute atomic E-state index is 0.205. The molecular formula is C8H13N3O2S. The van der Waals surface area contributed by atoms with E-state index in [4.69, 9.17) is 10.8 Å². The molecule has 0 aromatic carbocycles. The van der Waals surface area contributed by atoms with Crippen LogP contribution in [0.1, 0.15) is 16.6 Å². The molecule has 1 rings (SSSR count). The topological polar surface area (TPSA) is 88.2 Å². The fraction of sp³-hybridized carbons (Fsp3) is 0.500. The van der Waals surface area contributed by atoms with Crippen LogP contribution in [-0.2, 0) is 0 Å². The van der Waals surface area contributed by atoms with Gasteiger partial charge < -0.3 is 16.2 Å². The highest BCUT2D eigenvalue weighted by molar-refractivity contribution is 7.11. The van der Waals surface area contributed by atoms with Crippen LogP contribution < -0.4 is 11.1 Å². The van der Waals surface area contributed by atoms with Crippen LogP contribution in [0.3, 0.4) is 0 Å². The average molecular weight is 215 g/mol. The van der Waals surface area contributed by atoms with Gasteiger partial charge in [0.05, 0.1) is 17.8 Å². The zero-order chi connectivity index (χ0) is 10.6. The maximum Gasteiger partial charge on any atom is 0.263 e. The van der Waals surface area contributed by atoms with Crippen LogP contribution >= 0.6 is 11.3 Å². The number of carbonyl (C=O) groups is 1. The molecule has 0 bridgehead atoms. The lowest BCUT2D eigenvalue weighted by Gasteiger charge is -2.14. The normalized spacial score (nSPS) is 14.8. The molecule has 0 aliphatic heterocycles. The monoisotopic (exact) mass is 215 g/mol. The number of nitrogens with one attached hydrogen (secondary N) is 1. The second-order valence-corrected chi connectivity index (χ2v) is 3.87. The summed E-state index contributed by atoms with van der Waals surface area (Å²) in [7, 11) is 0. The Labute approximate surface area is 86.0 Å². The Kier molecular flexibility index (Phi) is 3.99. The molecule has 1 heterocycles. The molecule has 2 unspecified atom stereocenters. The molecule has 0 saturated heterocycles. The standard InChI is InChI=1S/C8H13N3O2S/c1-5(12)6(9)2-11-8(13)7-3-10-4-14-7/h3-6,12H,2,9H2,1H3,(H,11,13). The van der Waals surface area contributed by atoms with Gasteiger partial charge in [0.1, 0.15) is 4.88 Å². The first-order chi connectivity index (χ1) is 6.61. The van der Waals surface area contributed by atoms with Gasteiger partial charge in [-0.05, 0) is 6.92 Å². The molecule has 0 spiro atoms. The minimum atomic E-state index is -0.628. The van der Waals surface area contributed by atoms with Gasteiger partial charge in [-0.2, -0.15) is 0 Å². The fourth-order valence-electron chi connectivity index (χ4n) is 0.796. The summed E-state index contributed by atoms with van der Waals surface area (Å²) in [6.07, 6.45) is 0.866. The van der Waals surface area contributed by atoms with E-state index in [1.54, 1.807) is 12.4 Å². The number of thiazole rings is 1. The van der Waals surface area contributed by atoms with Crippen molar-refractivity contribution in [1.29, 1.82) is 0 Å². The SMILES string of the molecule is CC(O)C(N)CNC(=O)c1cncs1. The summed E-state index contributed by atoms with van der Waals surface area (Å²) in [4.78, 5) is 15.7. The summed E-state index contributed by atoms with van der Waals surface area (Å²) in [6, 6.07) is -0.438. The Morgan fingerprint density at radius 3 is 3.07 bits per heavy atom. The predicted octanol–water partition coefficient (Wildman–Crippen LogP) is -0.419. The van der Waals surface area contributed by atoms with E-state index in [9.17, 15) is 4.79 Å². The Morgan fingerprint density at radius 2 is 2.57 bits per heavy atom. The number of nitrogens with two attached hydrogens (primary N) is 1. The minimum Gasteiger partial charge on any atom is -0.392 e. The van der Waals surface area contributed by atoms with Crippen LogP contribution in [0, 0.1) is 0 Å². The van der Waals surface area contributed by atoms with Crippen molar-refractivity contribution in [3.63, 3.8) is 0 Å². The lowest BCUT2D eigenvalue weighted by molar-refractivity contribution is 0.0941. The zero-order valence-corrected chi connectivity index (χ0v) is 8.62. The first-order valence-corrected chi connectivity index (χ1v) is 5.09. The van der Waals surface area contributed by atoms with Crippen molar-refractivity contribution >= 4 is 17.2 Å². The lowest BCUT2D eigenvalue weighted by Crippen LogP contribution is -2.43. The molecule has 1 aromatic rings. The third-order valence-corrected chi connectivity index (χ3v) is 2.55. The second kappa shape index (κ2) is 5.04. The van der Waals surface area contributed by atoms with E-state index < -0.39 is 12.1 Å². The van der Waals surface area contributed by atoms with E-state index >= 15 is 0 Å². The maximum absolute atomic E-state index is 11.4. The summed E-state index contributed by atoms with van der Waals surface area (Å²) in [5.74, 6) is -0.205. The van der Waals surface area contributed by atoms with E-state index in [1.165, 1.54) is 17.5 Å². The van der Waals surface area contributed by atoms with Crippen molar-refractivity contribution in [1.82, 2.24) is 10.3 Å². The summed E-state index contributed by atoms with van der Waals surface area (Å²) in [6.45, 7) is 1.85. The molecule has 0 saturated carbocycles. The Morgan fingerprint density at radius 1 is 1.86 bits per heavy atom. The second-order valence-electron chi connectivity index (χ2n) is 2.98. The van der Waals surface area contributed by atoms with Crippen LogP contribution in [0.4, 0.5) is 0 Å². The fourth-order valence-corrected chi connectivity index (χ4v) is 1.33. The van der Waals surface area contributed by atoms with Gasteiger partial charge in [0.15, 0.2) is 0 Å². The first kappa shape index (κ1) is 11.1. The van der Waals surface area contributed by atoms with Crippen molar-refractivity contribution < 1.29 is 9.90 Å². The van der Waals surface area contributed by atoms with E-state index in [-0.39, 0.29) is 12.5 Å². The highest BCUT2D eigenvalue weighted by atomic mass is 32.1. The Bertz CT molecular complexity index is 287. The number of carbonyl (C=O) groups excluding carboxylic acids is 1. The van der Waals surface area contributed by atoms with Crippen LogP contribution in [0.5, 0.6) is 0 Å². The molecule has 78 valence electrons. The van der Waals surface area contributed by atoms with Crippen molar-refractivity contribution in [2.45, 2.75) is 19.1 Å². The van der Waals surface area contributed by atoms with Crippen molar-refractivity contribution in [3.05, 3.63) is 16.6 Å². The summed E-state index contributed by atoms with van der Waals surface area (Å²) in [5, 5.41) is 11.7. The molecule has 4 N–H and O–H groups in total. The Balaban J connectivity index is 2.36. The van der Waals surface area contributed by atoms with Crippen molar-refractivity contribution in [2.75, 3.05) is 6.54 Å². The summed E-state index contributed by atoms with van der Waals surface area (Å²) < 4.78 is 0. The molecule has 0 aliphatic carbocycles. The maximum atomic E-state index is 11.4. The van der Waals surface area contributed by atoms with Gasteiger partial charge in [0, 0.05) is 12.6 Å². The molecule has 0 radical (unpaired) electrons. The quantitative estimate of drug-likeness (QED) is 0.636. The average Bonchev–Trinajstić information content (AvgIpc) is 2.66. The highest BCUT2D eigenvalue weighted by Gasteiger charge is 2.12. The van der Waals surface area contributed by atoms with E-state index in [0.29, 0.717) is 4.88 Å². The molecule has 0 aliphatic rings. The number of hydrogen-bond donors (Lipinski definition) is 3. The molecule has 5 nitrogen and oxygen atoms in total. The molecular weight excluding hydrogens is 202 g/mol. The van der Waals surface area contributed by atoms with Crippen molar-refractivity contribution in [3.8, 4) is 0 Å². The third-order valence-electron chi connectivity index (χ3n) is 1.77. The molecule has 0 fully saturated rings. The third kappa shape index (κ3) is 3.06. The highest BCUT2D eigenvalue weighted by Crippen LogP contribution is 2.04. The van der Waals surface area contributed by atoms with Crippen LogP contribution in [0.2, 0.25) is 0 Å². The number of aliphatic hydroxyl groups excluding tert-OH is 1. The molecule has 1 aromatic heterocycles. The van der Waals surface area contributed by atoms with E-state index in [0.717, 1.165) is 0 Å². The van der Waals surface area contributed by atoms with E-state index in [2.05, 4.69) is 10.3 Å². The summed E-state index contributed by atoms with van der Waals surface area (Å²) in [5.41, 5.74) is 7.13. The van der Waals surface area contributed by atoms with Gasteiger partial charge in [-0.1, -0.05) is 0 Å². The summed E-state index contributed by atoms with van der Waals surface area (Å²) >= 11 is 1.26. The molecule has 6 heteroatoms. The smallest absolute Gasteiger partial charge is 0.263 e. The van der Waals surface area contributed by atoms with Crippen molar-refractivity contribution in [2.24, 2.45) is 5.73 Å². The van der Waals surface area contributed by atoms with Gasteiger partial charge >= 0.3 is 0 Å². The molecule has 14 heavy (non-hydrogen) atoms. The molecule has 2 atom stereocenters. The number of aromatic nitrogens is 1. The number of aliphatic hydroxyl groups is 1. The zero-order valence-electron chi connectivity index (χ0n) is 7.80. The molecule has 1 amide bonds. The van der Waals surface area contributed by atoms with Gasteiger partial charge in [-0.25, -0.2) is 0 Å². The predicted molar refractivity (Wildman–Crippen MR) is 54.1 cm³/mol. The van der Waals surface area contributed by atoms with Crippen LogP contribution in [0.25, 0.3) is 0 Å². The van der Waals surface area contributed by atoms with Gasteiger partial charge in [0.2, 0.25) is 0 Å². The number of amides is 1. The Hall–Kier alpha value is -0.980. The van der Waals surface area contributed by atoms with Gasteiger partial charge in [-0.15, -0.1) is 11.3 Å². The van der Waals surface area contributed by atoms with E-state index in [1.807, 2.05) is 0 Å². The first-order valence-electron chi connectivity index (χ1n) is 4.21. The van der Waals surface area contributed by atoms with Crippen LogP contribution in [-0.4, -0.2) is 34.7 Å². The van der Waals surface area contributed by atoms with Crippen LogP contribution in [0.15, 0.2) is 11.7 Å². The number of nitrogens with zero attached hydrogens (tertiary/aromatic N) is 1.